The van der Waals surface area contributed by atoms with Crippen LogP contribution in [-0.2, 0) is 0 Å². The van der Waals surface area contributed by atoms with Crippen molar-refractivity contribution in [1.82, 2.24) is 0 Å². The molecule has 0 bridgehead atoms. The average molecular weight is 132 g/mol. The van der Waals surface area contributed by atoms with Gasteiger partial charge in [-0.1, -0.05) is 61.8 Å². The fraction of sp³-hybridized carbons (Fsp3) is 0. The van der Waals surface area contributed by atoms with Gasteiger partial charge in [-0.2, -0.15) is 0 Å². The second-order valence-electron chi connectivity index (χ2n) is 1.63. The second kappa shape index (κ2) is 7.70. The van der Waals surface area contributed by atoms with Crippen molar-refractivity contribution in [3.63, 3.8) is 0 Å². The molecule has 0 aromatic rings. The lowest BCUT2D eigenvalue weighted by atomic mass is 10.4. The summed E-state index contributed by atoms with van der Waals surface area (Å²) in [7, 11) is 0. The molecule has 0 saturated carbocycles. The number of allylic oxidation sites excluding steroid dienone is 8. The highest BCUT2D eigenvalue weighted by Gasteiger charge is 1.58. The summed E-state index contributed by atoms with van der Waals surface area (Å²) in [5.41, 5.74) is 0. The third-order valence-corrected chi connectivity index (χ3v) is 0.828. The molecular weight excluding hydrogens is 120 g/mol. The van der Waals surface area contributed by atoms with Gasteiger partial charge in [0.05, 0.1) is 0 Å². The Morgan fingerprint density at radius 3 is 1.10 bits per heavy atom. The van der Waals surface area contributed by atoms with E-state index in [9.17, 15) is 0 Å². The van der Waals surface area contributed by atoms with E-state index in [0.717, 1.165) is 0 Å². The van der Waals surface area contributed by atoms with E-state index in [1.165, 1.54) is 0 Å². The van der Waals surface area contributed by atoms with Crippen LogP contribution in [0.5, 0.6) is 0 Å². The van der Waals surface area contributed by atoms with E-state index in [-0.39, 0.29) is 0 Å². The molecule has 0 aliphatic heterocycles. The van der Waals surface area contributed by atoms with Gasteiger partial charge in [0.15, 0.2) is 0 Å². The first-order valence-electron chi connectivity index (χ1n) is 3.15. The zero-order chi connectivity index (χ0) is 7.66. The van der Waals surface area contributed by atoms with Gasteiger partial charge in [-0.25, -0.2) is 0 Å². The SMILES string of the molecule is C=C/C=C/C=C/C=C/C=C. The molecule has 0 fully saturated rings. The molecule has 0 unspecified atom stereocenters. The Kier molecular flexibility index (Phi) is 6.70. The Labute approximate surface area is 62.6 Å². The lowest BCUT2D eigenvalue weighted by molar-refractivity contribution is 1.88. The van der Waals surface area contributed by atoms with E-state index in [4.69, 9.17) is 0 Å². The van der Waals surface area contributed by atoms with E-state index in [1.54, 1.807) is 12.2 Å². The summed E-state index contributed by atoms with van der Waals surface area (Å²) in [6, 6.07) is 0. The zero-order valence-electron chi connectivity index (χ0n) is 6.03. The molecule has 0 atom stereocenters. The molecule has 0 nitrogen and oxygen atoms in total. The van der Waals surface area contributed by atoms with Crippen molar-refractivity contribution >= 4 is 0 Å². The van der Waals surface area contributed by atoms with Crippen molar-refractivity contribution in [2.45, 2.75) is 0 Å². The summed E-state index contributed by atoms with van der Waals surface area (Å²) >= 11 is 0. The maximum Gasteiger partial charge on any atom is -0.0623 e. The molecular formula is C10H12. The van der Waals surface area contributed by atoms with E-state index < -0.39 is 0 Å². The van der Waals surface area contributed by atoms with E-state index >= 15 is 0 Å². The maximum absolute atomic E-state index is 3.54. The van der Waals surface area contributed by atoms with E-state index in [1.807, 2.05) is 36.5 Å². The van der Waals surface area contributed by atoms with Crippen molar-refractivity contribution in [2.24, 2.45) is 0 Å². The minimum absolute atomic E-state index is 1.74. The summed E-state index contributed by atoms with van der Waals surface area (Å²) in [5, 5.41) is 0. The minimum atomic E-state index is 1.74. The molecule has 52 valence electrons. The lowest BCUT2D eigenvalue weighted by Crippen LogP contribution is -1.48. The van der Waals surface area contributed by atoms with E-state index in [2.05, 4.69) is 13.2 Å². The van der Waals surface area contributed by atoms with Gasteiger partial charge >= 0.3 is 0 Å². The number of hydrogen-bond acceptors (Lipinski definition) is 0. The van der Waals surface area contributed by atoms with Crippen LogP contribution >= 0.6 is 0 Å². The van der Waals surface area contributed by atoms with Crippen LogP contribution < -0.4 is 0 Å². The van der Waals surface area contributed by atoms with Gasteiger partial charge in [0.25, 0.3) is 0 Å². The molecule has 0 aliphatic rings. The Morgan fingerprint density at radius 2 is 0.800 bits per heavy atom. The Morgan fingerprint density at radius 1 is 0.500 bits per heavy atom. The summed E-state index contributed by atoms with van der Waals surface area (Å²) in [6.07, 6.45) is 14.9. The normalized spacial score (nSPS) is 11.6. The van der Waals surface area contributed by atoms with Gasteiger partial charge in [0.1, 0.15) is 0 Å². The summed E-state index contributed by atoms with van der Waals surface area (Å²) in [4.78, 5) is 0. The first-order valence-corrected chi connectivity index (χ1v) is 3.15. The average Bonchev–Trinajstić information content (AvgIpc) is 1.97. The molecule has 0 rings (SSSR count). The van der Waals surface area contributed by atoms with Gasteiger partial charge in [0, 0.05) is 0 Å². The van der Waals surface area contributed by atoms with Crippen LogP contribution in [0.3, 0.4) is 0 Å². The molecule has 0 aromatic heterocycles. The van der Waals surface area contributed by atoms with Gasteiger partial charge in [0.2, 0.25) is 0 Å². The first kappa shape index (κ1) is 8.70. The van der Waals surface area contributed by atoms with Crippen molar-refractivity contribution in [3.05, 3.63) is 61.8 Å². The lowest BCUT2D eigenvalue weighted by Gasteiger charge is -1.70. The minimum Gasteiger partial charge on any atom is -0.0991 e. The molecule has 0 radical (unpaired) electrons. The van der Waals surface area contributed by atoms with Crippen molar-refractivity contribution in [1.29, 1.82) is 0 Å². The molecule has 0 aromatic carbocycles. The summed E-state index contributed by atoms with van der Waals surface area (Å²) < 4.78 is 0. The molecule has 0 amide bonds. The largest absolute Gasteiger partial charge is 0.0991 e. The molecule has 0 aliphatic carbocycles. The van der Waals surface area contributed by atoms with Crippen LogP contribution in [0.2, 0.25) is 0 Å². The Bertz CT molecular complexity index is 148. The zero-order valence-corrected chi connectivity index (χ0v) is 6.03. The Balaban J connectivity index is 3.55. The topological polar surface area (TPSA) is 0 Å². The van der Waals surface area contributed by atoms with Crippen LogP contribution in [0.1, 0.15) is 0 Å². The predicted octanol–water partition coefficient (Wildman–Crippen LogP) is 3.03. The van der Waals surface area contributed by atoms with Crippen LogP contribution in [-0.4, -0.2) is 0 Å². The van der Waals surface area contributed by atoms with E-state index in [0.29, 0.717) is 0 Å². The molecule has 0 heterocycles. The highest BCUT2D eigenvalue weighted by atomic mass is 13.7. The smallest absolute Gasteiger partial charge is 0.0623 e. The van der Waals surface area contributed by atoms with Crippen LogP contribution in [0, 0.1) is 0 Å². The number of hydrogen-bond donors (Lipinski definition) is 0. The fourth-order valence-corrected chi connectivity index (χ4v) is 0.414. The predicted molar refractivity (Wildman–Crippen MR) is 47.8 cm³/mol. The van der Waals surface area contributed by atoms with Gasteiger partial charge < -0.3 is 0 Å². The van der Waals surface area contributed by atoms with Crippen LogP contribution in [0.25, 0.3) is 0 Å². The first-order chi connectivity index (χ1) is 4.91. The molecule has 0 saturated heterocycles. The summed E-state index contributed by atoms with van der Waals surface area (Å²) in [6.45, 7) is 7.08. The second-order valence-corrected chi connectivity index (χ2v) is 1.63. The highest BCUT2D eigenvalue weighted by Crippen LogP contribution is 1.80. The monoisotopic (exact) mass is 132 g/mol. The third kappa shape index (κ3) is 6.70. The van der Waals surface area contributed by atoms with Crippen molar-refractivity contribution < 1.29 is 0 Å². The number of rotatable bonds is 4. The van der Waals surface area contributed by atoms with Gasteiger partial charge in [-0.3, -0.25) is 0 Å². The third-order valence-electron chi connectivity index (χ3n) is 0.828. The van der Waals surface area contributed by atoms with Crippen molar-refractivity contribution in [2.75, 3.05) is 0 Å². The molecule has 0 N–H and O–H groups in total. The fourth-order valence-electron chi connectivity index (χ4n) is 0.414. The maximum atomic E-state index is 3.54. The van der Waals surface area contributed by atoms with Gasteiger partial charge in [-0.05, 0) is 0 Å². The molecule has 0 heteroatoms. The van der Waals surface area contributed by atoms with Crippen LogP contribution in [0.4, 0.5) is 0 Å². The van der Waals surface area contributed by atoms with Gasteiger partial charge in [-0.15, -0.1) is 0 Å². The molecule has 10 heavy (non-hydrogen) atoms. The standard InChI is InChI=1S/C10H12/c1-3-5-7-9-10-8-6-4-2/h3-10H,1-2H2/b7-5+,8-6+,10-9+. The van der Waals surface area contributed by atoms with Crippen LogP contribution in [0.15, 0.2) is 61.8 Å². The Hall–Kier alpha value is -1.30. The highest BCUT2D eigenvalue weighted by molar-refractivity contribution is 5.16. The summed E-state index contributed by atoms with van der Waals surface area (Å²) in [5.74, 6) is 0. The molecule has 0 spiro atoms. The quantitative estimate of drug-likeness (QED) is 0.516. The van der Waals surface area contributed by atoms with Crippen molar-refractivity contribution in [3.8, 4) is 0 Å².